The fourth-order valence-corrected chi connectivity index (χ4v) is 6.35. The predicted molar refractivity (Wildman–Crippen MR) is 200 cm³/mol. The molecule has 0 heterocycles. The van der Waals surface area contributed by atoms with Crippen molar-refractivity contribution in [2.75, 3.05) is 13.1 Å². The molecule has 0 aromatic carbocycles. The quantitative estimate of drug-likeness (QED) is 0.0522. The van der Waals surface area contributed by atoms with Crippen LogP contribution in [0.4, 0.5) is 0 Å². The third kappa shape index (κ3) is 48.3. The van der Waals surface area contributed by atoms with Gasteiger partial charge in [-0.1, -0.05) is 206 Å². The molecule has 0 amide bonds. The van der Waals surface area contributed by atoms with Gasteiger partial charge in [-0.05, 0) is 39.8 Å². The molecule has 0 atom stereocenters. The minimum absolute atomic E-state index is 0.715. The molecular weight excluding hydrogens is 578 g/mol. The molecule has 6 heteroatoms. The van der Waals surface area contributed by atoms with Gasteiger partial charge in [0.25, 0.3) is 0 Å². The second-order valence-corrected chi connectivity index (χ2v) is 15.1. The molecule has 0 aromatic rings. The molecule has 274 valence electrons. The topological polar surface area (TPSA) is 77.8 Å². The van der Waals surface area contributed by atoms with Crippen molar-refractivity contribution in [3.8, 4) is 0 Å². The second-order valence-electron chi connectivity index (χ2n) is 14.2. The average molecular weight is 662 g/mol. The highest BCUT2D eigenvalue weighted by Gasteiger charge is 2.08. The molecule has 0 aliphatic heterocycles. The van der Waals surface area contributed by atoms with Crippen molar-refractivity contribution >= 4 is 10.4 Å². The van der Waals surface area contributed by atoms with Crippen LogP contribution >= 0.6 is 0 Å². The van der Waals surface area contributed by atoms with Crippen molar-refractivity contribution in [1.29, 1.82) is 0 Å². The lowest BCUT2D eigenvalue weighted by Gasteiger charge is -2.26. The summed E-state index contributed by atoms with van der Waals surface area (Å²) < 4.78 is 31.6. The molecule has 0 bridgehead atoms. The summed E-state index contributed by atoms with van der Waals surface area (Å²) in [5.74, 6) is 0. The van der Waals surface area contributed by atoms with Crippen LogP contribution in [0.3, 0.4) is 0 Å². The summed E-state index contributed by atoms with van der Waals surface area (Å²) in [6.07, 6.45) is 46.8. The summed E-state index contributed by atoms with van der Waals surface area (Å²) >= 11 is 0. The van der Waals surface area contributed by atoms with Gasteiger partial charge in [0.2, 0.25) is 0 Å². The smallest absolute Gasteiger partial charge is 0.301 e. The summed E-state index contributed by atoms with van der Waals surface area (Å²) in [7, 11) is -4.67. The van der Waals surface area contributed by atoms with Crippen molar-refractivity contribution in [3.63, 3.8) is 0 Å². The number of rotatable bonds is 35. The van der Waals surface area contributed by atoms with Crippen LogP contribution in [0.1, 0.15) is 233 Å². The van der Waals surface area contributed by atoms with Crippen molar-refractivity contribution < 1.29 is 17.5 Å². The van der Waals surface area contributed by atoms with Crippen molar-refractivity contribution in [1.82, 2.24) is 4.90 Å². The number of hydrogen-bond acceptors (Lipinski definition) is 3. The molecule has 0 aliphatic carbocycles. The first-order chi connectivity index (χ1) is 21.7. The van der Waals surface area contributed by atoms with E-state index in [4.69, 9.17) is 17.5 Å². The lowest BCUT2D eigenvalue weighted by Crippen LogP contribution is -2.32. The monoisotopic (exact) mass is 662 g/mol. The minimum Gasteiger partial charge on any atom is -0.301 e. The third-order valence-corrected chi connectivity index (χ3v) is 9.33. The highest BCUT2D eigenvalue weighted by Crippen LogP contribution is 2.16. The lowest BCUT2D eigenvalue weighted by atomic mass is 10.0. The van der Waals surface area contributed by atoms with E-state index in [9.17, 15) is 0 Å². The molecule has 0 aromatic heterocycles. The maximum Gasteiger partial charge on any atom is 0.394 e. The summed E-state index contributed by atoms with van der Waals surface area (Å²) in [6, 6.07) is 0.715. The Balaban J connectivity index is 0. The summed E-state index contributed by atoms with van der Waals surface area (Å²) in [4.78, 5) is 2.76. The van der Waals surface area contributed by atoms with E-state index in [1.165, 1.54) is 219 Å². The summed E-state index contributed by atoms with van der Waals surface area (Å²) in [5, 5.41) is 0. The number of nitrogens with zero attached hydrogens (tertiary/aromatic N) is 1. The Morgan fingerprint density at radius 3 is 0.689 bits per heavy atom. The van der Waals surface area contributed by atoms with E-state index in [0.29, 0.717) is 6.04 Å². The van der Waals surface area contributed by atoms with Gasteiger partial charge in [0.15, 0.2) is 0 Å². The summed E-state index contributed by atoms with van der Waals surface area (Å²) in [6.45, 7) is 12.1. The van der Waals surface area contributed by atoms with Gasteiger partial charge in [-0.2, -0.15) is 8.42 Å². The molecule has 45 heavy (non-hydrogen) atoms. The molecule has 0 saturated heterocycles. The molecule has 2 N–H and O–H groups in total. The Bertz CT molecular complexity index is 597. The molecule has 0 aliphatic rings. The normalized spacial score (nSPS) is 11.8. The van der Waals surface area contributed by atoms with Gasteiger partial charge < -0.3 is 4.90 Å². The predicted octanol–water partition coefficient (Wildman–Crippen LogP) is 13.6. The average Bonchev–Trinajstić information content (AvgIpc) is 2.98. The standard InChI is InChI=1S/C39H81N.H2O4S/c1-5-7-9-11-13-15-17-19-21-23-25-27-29-31-33-35-37-40(39(3)4)38-36-34-32-30-28-26-24-22-20-18-16-14-12-10-8-6-2;1-5(2,3)4/h39H,5-38H2,1-4H3;(H2,1,2,3,4). The first-order valence-electron chi connectivity index (χ1n) is 20.2. The number of unbranched alkanes of at least 4 members (excludes halogenated alkanes) is 30. The Kier molecular flexibility index (Phi) is 39.9. The third-order valence-electron chi connectivity index (χ3n) is 9.33. The van der Waals surface area contributed by atoms with Crippen molar-refractivity contribution in [2.45, 2.75) is 239 Å². The van der Waals surface area contributed by atoms with E-state index >= 15 is 0 Å². The first kappa shape index (κ1) is 46.9. The van der Waals surface area contributed by atoms with Crippen LogP contribution in [0.15, 0.2) is 0 Å². The largest absolute Gasteiger partial charge is 0.394 e. The van der Waals surface area contributed by atoms with Crippen molar-refractivity contribution in [2.24, 2.45) is 0 Å². The fourth-order valence-electron chi connectivity index (χ4n) is 6.35. The van der Waals surface area contributed by atoms with Crippen LogP contribution in [0.5, 0.6) is 0 Å². The van der Waals surface area contributed by atoms with Gasteiger partial charge in [0.05, 0.1) is 0 Å². The van der Waals surface area contributed by atoms with E-state index in [2.05, 4.69) is 32.6 Å². The van der Waals surface area contributed by atoms with Crippen LogP contribution in [-0.4, -0.2) is 41.6 Å². The molecule has 5 nitrogen and oxygen atoms in total. The van der Waals surface area contributed by atoms with E-state index in [0.717, 1.165) is 0 Å². The first-order valence-corrected chi connectivity index (χ1v) is 21.6. The Hall–Kier alpha value is -0.170. The molecule has 0 fully saturated rings. The van der Waals surface area contributed by atoms with Gasteiger partial charge in [-0.25, -0.2) is 0 Å². The van der Waals surface area contributed by atoms with Gasteiger partial charge in [0, 0.05) is 6.04 Å². The zero-order valence-electron chi connectivity index (χ0n) is 31.2. The van der Waals surface area contributed by atoms with E-state index in [-0.39, 0.29) is 0 Å². The van der Waals surface area contributed by atoms with E-state index in [1.54, 1.807) is 0 Å². The van der Waals surface area contributed by atoms with Crippen LogP contribution in [0.25, 0.3) is 0 Å². The highest BCUT2D eigenvalue weighted by molar-refractivity contribution is 7.79. The van der Waals surface area contributed by atoms with Crippen LogP contribution in [0.2, 0.25) is 0 Å². The van der Waals surface area contributed by atoms with Gasteiger partial charge in [0.1, 0.15) is 0 Å². The fraction of sp³-hybridized carbons (Fsp3) is 1.00. The number of hydrogen-bond donors (Lipinski definition) is 2. The van der Waals surface area contributed by atoms with Crippen LogP contribution in [-0.2, 0) is 10.4 Å². The maximum absolute atomic E-state index is 8.74. The molecule has 0 spiro atoms. The highest BCUT2D eigenvalue weighted by atomic mass is 32.3. The Morgan fingerprint density at radius 2 is 0.533 bits per heavy atom. The van der Waals surface area contributed by atoms with Crippen LogP contribution in [0, 0.1) is 0 Å². The molecule has 0 saturated carbocycles. The van der Waals surface area contributed by atoms with Gasteiger partial charge in [-0.3, -0.25) is 9.11 Å². The lowest BCUT2D eigenvalue weighted by molar-refractivity contribution is 0.211. The SMILES string of the molecule is CCCCCCCCCCCCCCCCCCN(CCCCCCCCCCCCCCCCCC)C(C)C.O=S(=O)(O)O. The zero-order valence-corrected chi connectivity index (χ0v) is 32.0. The molecular formula is C39H83NO4S. The zero-order chi connectivity index (χ0) is 33.7. The van der Waals surface area contributed by atoms with E-state index in [1.807, 2.05) is 0 Å². The molecule has 0 radical (unpaired) electrons. The maximum atomic E-state index is 8.74. The molecule has 0 rings (SSSR count). The Morgan fingerprint density at radius 1 is 0.378 bits per heavy atom. The van der Waals surface area contributed by atoms with Gasteiger partial charge >= 0.3 is 10.4 Å². The summed E-state index contributed by atoms with van der Waals surface area (Å²) in [5.41, 5.74) is 0. The molecule has 0 unspecified atom stereocenters. The minimum atomic E-state index is -4.67. The van der Waals surface area contributed by atoms with Gasteiger partial charge in [-0.15, -0.1) is 0 Å². The van der Waals surface area contributed by atoms with E-state index < -0.39 is 10.4 Å². The second kappa shape index (κ2) is 38.3. The Labute approximate surface area is 284 Å². The van der Waals surface area contributed by atoms with Crippen molar-refractivity contribution in [3.05, 3.63) is 0 Å². The van der Waals surface area contributed by atoms with Crippen LogP contribution < -0.4 is 0 Å².